The normalized spacial score (nSPS) is 24.9. The third-order valence-corrected chi connectivity index (χ3v) is 5.63. The predicted octanol–water partition coefficient (Wildman–Crippen LogP) is 3.51. The van der Waals surface area contributed by atoms with E-state index in [1.165, 1.54) is 6.42 Å². The molecule has 2 rings (SSSR count). The Morgan fingerprint density at radius 3 is 2.58 bits per heavy atom. The summed E-state index contributed by atoms with van der Waals surface area (Å²) in [4.78, 5) is 12.1. The second-order valence-corrected chi connectivity index (χ2v) is 7.42. The summed E-state index contributed by atoms with van der Waals surface area (Å²) in [6.45, 7) is 4.21. The molecule has 3 atom stereocenters. The van der Waals surface area contributed by atoms with Crippen molar-refractivity contribution in [2.45, 2.75) is 44.8 Å². The molecule has 0 bridgehead atoms. The molecule has 0 aliphatic heterocycles. The molecule has 2 nitrogen and oxygen atoms in total. The molecule has 0 heterocycles. The maximum atomic E-state index is 12.3. The summed E-state index contributed by atoms with van der Waals surface area (Å²) in [5.41, 5.74) is 1.82. The van der Waals surface area contributed by atoms with Crippen LogP contribution in [0.15, 0.2) is 24.3 Å². The lowest BCUT2D eigenvalue weighted by Crippen LogP contribution is -2.27. The summed E-state index contributed by atoms with van der Waals surface area (Å²) in [7, 11) is -1.01. The Morgan fingerprint density at radius 2 is 1.95 bits per heavy atom. The molecule has 0 spiro atoms. The van der Waals surface area contributed by atoms with Gasteiger partial charge in [0.15, 0.2) is 5.78 Å². The SMILES string of the molecule is Cc1ccc(C(=O)CS(=O)C2CCCC(C)C2)cc1. The quantitative estimate of drug-likeness (QED) is 0.790. The fourth-order valence-corrected chi connectivity index (χ4v) is 4.32. The first-order valence-corrected chi connectivity index (χ1v) is 8.41. The average molecular weight is 278 g/mol. The Kier molecular flexibility index (Phi) is 4.92. The predicted molar refractivity (Wildman–Crippen MR) is 79.9 cm³/mol. The zero-order chi connectivity index (χ0) is 13.8. The Balaban J connectivity index is 1.94. The molecule has 1 saturated carbocycles. The zero-order valence-corrected chi connectivity index (χ0v) is 12.5. The Bertz CT molecular complexity index is 464. The molecule has 1 aliphatic carbocycles. The number of ketones is 1. The van der Waals surface area contributed by atoms with Crippen LogP contribution in [0, 0.1) is 12.8 Å². The summed E-state index contributed by atoms with van der Waals surface area (Å²) in [6.07, 6.45) is 4.40. The summed E-state index contributed by atoms with van der Waals surface area (Å²) in [6, 6.07) is 7.52. The first kappa shape index (κ1) is 14.4. The maximum Gasteiger partial charge on any atom is 0.175 e. The van der Waals surface area contributed by atoms with Crippen LogP contribution < -0.4 is 0 Å². The van der Waals surface area contributed by atoms with E-state index < -0.39 is 10.8 Å². The van der Waals surface area contributed by atoms with Crippen LogP contribution in [0.1, 0.15) is 48.5 Å². The van der Waals surface area contributed by atoms with Crippen LogP contribution in [-0.2, 0) is 10.8 Å². The van der Waals surface area contributed by atoms with Gasteiger partial charge < -0.3 is 0 Å². The maximum absolute atomic E-state index is 12.3. The van der Waals surface area contributed by atoms with Gasteiger partial charge in [-0.05, 0) is 25.7 Å². The van der Waals surface area contributed by atoms with E-state index in [9.17, 15) is 9.00 Å². The van der Waals surface area contributed by atoms with Gasteiger partial charge in [-0.25, -0.2) is 0 Å². The van der Waals surface area contributed by atoms with Crippen LogP contribution in [0.4, 0.5) is 0 Å². The molecule has 19 heavy (non-hydrogen) atoms. The smallest absolute Gasteiger partial charge is 0.175 e. The van der Waals surface area contributed by atoms with E-state index in [0.717, 1.165) is 24.8 Å². The summed E-state index contributed by atoms with van der Waals surface area (Å²) >= 11 is 0. The van der Waals surface area contributed by atoms with E-state index >= 15 is 0 Å². The lowest BCUT2D eigenvalue weighted by Gasteiger charge is -2.25. The van der Waals surface area contributed by atoms with Gasteiger partial charge in [-0.15, -0.1) is 0 Å². The lowest BCUT2D eigenvalue weighted by atomic mass is 9.91. The van der Waals surface area contributed by atoms with E-state index in [1.54, 1.807) is 0 Å². The van der Waals surface area contributed by atoms with Crippen molar-refractivity contribution in [2.24, 2.45) is 5.92 Å². The summed E-state index contributed by atoms with van der Waals surface area (Å²) in [5.74, 6) is 0.842. The van der Waals surface area contributed by atoms with Gasteiger partial charge in [0, 0.05) is 21.6 Å². The van der Waals surface area contributed by atoms with Gasteiger partial charge in [0.25, 0.3) is 0 Å². The minimum Gasteiger partial charge on any atom is -0.293 e. The van der Waals surface area contributed by atoms with E-state index in [4.69, 9.17) is 0 Å². The van der Waals surface area contributed by atoms with E-state index in [0.29, 0.717) is 11.5 Å². The van der Waals surface area contributed by atoms with Crippen molar-refractivity contribution in [1.82, 2.24) is 0 Å². The standard InChI is InChI=1S/C16H22O2S/c1-12-6-8-14(9-7-12)16(17)11-19(18)15-5-3-4-13(2)10-15/h6-9,13,15H,3-5,10-11H2,1-2H3. The van der Waals surface area contributed by atoms with Gasteiger partial charge in [0.1, 0.15) is 0 Å². The monoisotopic (exact) mass is 278 g/mol. The molecule has 104 valence electrons. The van der Waals surface area contributed by atoms with Crippen molar-refractivity contribution in [3.63, 3.8) is 0 Å². The number of rotatable bonds is 4. The molecule has 0 radical (unpaired) electrons. The molecule has 3 unspecified atom stereocenters. The van der Waals surface area contributed by atoms with Crippen molar-refractivity contribution in [3.05, 3.63) is 35.4 Å². The van der Waals surface area contributed by atoms with Crippen LogP contribution >= 0.6 is 0 Å². The van der Waals surface area contributed by atoms with Gasteiger partial charge in [-0.1, -0.05) is 49.6 Å². The molecule has 0 amide bonds. The lowest BCUT2D eigenvalue weighted by molar-refractivity contribution is 0.102. The molecule has 3 heteroatoms. The van der Waals surface area contributed by atoms with Gasteiger partial charge in [-0.2, -0.15) is 0 Å². The fourth-order valence-electron chi connectivity index (χ4n) is 2.69. The van der Waals surface area contributed by atoms with Crippen LogP contribution in [0.5, 0.6) is 0 Å². The largest absolute Gasteiger partial charge is 0.293 e. The summed E-state index contributed by atoms with van der Waals surface area (Å²) < 4.78 is 12.3. The Labute approximate surface area is 118 Å². The van der Waals surface area contributed by atoms with Gasteiger partial charge in [-0.3, -0.25) is 9.00 Å². The van der Waals surface area contributed by atoms with Crippen molar-refractivity contribution in [1.29, 1.82) is 0 Å². The minimum atomic E-state index is -1.01. The Hall–Kier alpha value is -0.960. The van der Waals surface area contributed by atoms with E-state index in [-0.39, 0.29) is 16.8 Å². The van der Waals surface area contributed by atoms with Gasteiger partial charge >= 0.3 is 0 Å². The minimum absolute atomic E-state index is 0.0107. The average Bonchev–Trinajstić information content (AvgIpc) is 2.39. The highest BCUT2D eigenvalue weighted by Gasteiger charge is 2.25. The molecule has 1 aliphatic rings. The Morgan fingerprint density at radius 1 is 1.26 bits per heavy atom. The number of carbonyl (C=O) groups excluding carboxylic acids is 1. The van der Waals surface area contributed by atoms with Crippen LogP contribution in [-0.4, -0.2) is 21.0 Å². The number of Topliss-reactive ketones (excluding diaryl/α,β-unsaturated/α-hetero) is 1. The summed E-state index contributed by atoms with van der Waals surface area (Å²) in [5, 5.41) is 0.221. The number of aryl methyl sites for hydroxylation is 1. The second-order valence-electron chi connectivity index (χ2n) is 5.71. The molecular weight excluding hydrogens is 256 g/mol. The number of carbonyl (C=O) groups is 1. The highest BCUT2D eigenvalue weighted by molar-refractivity contribution is 7.86. The highest BCUT2D eigenvalue weighted by atomic mass is 32.2. The first-order chi connectivity index (χ1) is 9.06. The zero-order valence-electron chi connectivity index (χ0n) is 11.7. The fraction of sp³-hybridized carbons (Fsp3) is 0.562. The third kappa shape index (κ3) is 4.00. The number of benzene rings is 1. The van der Waals surface area contributed by atoms with Crippen molar-refractivity contribution >= 4 is 16.6 Å². The molecule has 0 aromatic heterocycles. The van der Waals surface area contributed by atoms with Crippen LogP contribution in [0.2, 0.25) is 0 Å². The highest BCUT2D eigenvalue weighted by Crippen LogP contribution is 2.27. The molecular formula is C16H22O2S. The van der Waals surface area contributed by atoms with Crippen LogP contribution in [0.25, 0.3) is 0 Å². The van der Waals surface area contributed by atoms with Gasteiger partial charge in [0.05, 0.1) is 5.75 Å². The topological polar surface area (TPSA) is 34.1 Å². The van der Waals surface area contributed by atoms with Crippen molar-refractivity contribution in [3.8, 4) is 0 Å². The second kappa shape index (κ2) is 6.47. The molecule has 0 saturated heterocycles. The van der Waals surface area contributed by atoms with E-state index in [1.807, 2.05) is 31.2 Å². The van der Waals surface area contributed by atoms with Crippen LogP contribution in [0.3, 0.4) is 0 Å². The third-order valence-electron chi connectivity index (χ3n) is 3.91. The first-order valence-electron chi connectivity index (χ1n) is 7.03. The molecule has 0 N–H and O–H groups in total. The van der Waals surface area contributed by atoms with E-state index in [2.05, 4.69) is 6.92 Å². The molecule has 1 aromatic carbocycles. The molecule has 1 aromatic rings. The van der Waals surface area contributed by atoms with Crippen molar-refractivity contribution in [2.75, 3.05) is 5.75 Å². The number of hydrogen-bond acceptors (Lipinski definition) is 2. The van der Waals surface area contributed by atoms with Crippen molar-refractivity contribution < 1.29 is 9.00 Å². The number of hydrogen-bond donors (Lipinski definition) is 0. The molecule has 1 fully saturated rings. The van der Waals surface area contributed by atoms with Gasteiger partial charge in [0.2, 0.25) is 0 Å².